The van der Waals surface area contributed by atoms with Gasteiger partial charge < -0.3 is 10.3 Å². The highest BCUT2D eigenvalue weighted by Gasteiger charge is 2.17. The maximum absolute atomic E-state index is 13.0. The number of aromatic nitrogens is 2. The van der Waals surface area contributed by atoms with E-state index in [4.69, 9.17) is 11.6 Å². The minimum absolute atomic E-state index is 0.169. The molecule has 1 aromatic heterocycles. The van der Waals surface area contributed by atoms with E-state index in [9.17, 15) is 9.18 Å². The topological polar surface area (TPSA) is 57.8 Å². The largest absolute Gasteiger partial charge is 0.333 e. The van der Waals surface area contributed by atoms with Crippen molar-refractivity contribution in [2.75, 3.05) is 5.32 Å². The summed E-state index contributed by atoms with van der Waals surface area (Å²) in [5.74, 6) is -0.458. The summed E-state index contributed by atoms with van der Waals surface area (Å²) >= 11 is 7.35. The number of carbonyl (C=O) groups excluding carboxylic acids is 1. The maximum atomic E-state index is 13.0. The lowest BCUT2D eigenvalue weighted by atomic mass is 10.2. The molecule has 128 valence electrons. The lowest BCUT2D eigenvalue weighted by molar-refractivity contribution is -0.115. The fraction of sp³-hybridized carbons (Fsp3) is 0.111. The Labute approximate surface area is 153 Å². The standard InChI is InChI=1S/C18H15ClFN3OS/c1-11(17(24)22-15-5-3-2-4-14(15)19)25-18-21-10-16(23-18)12-6-8-13(20)9-7-12/h2-11H,1H3,(H,21,23)(H,22,24)/t11-/m0/s1. The minimum atomic E-state index is -0.372. The van der Waals surface area contributed by atoms with E-state index < -0.39 is 0 Å². The summed E-state index contributed by atoms with van der Waals surface area (Å²) in [6.07, 6.45) is 1.66. The summed E-state index contributed by atoms with van der Waals surface area (Å²) in [4.78, 5) is 19.7. The van der Waals surface area contributed by atoms with Crippen molar-refractivity contribution in [1.29, 1.82) is 0 Å². The normalized spacial score (nSPS) is 12.0. The highest BCUT2D eigenvalue weighted by molar-refractivity contribution is 8.00. The number of nitrogens with zero attached hydrogens (tertiary/aromatic N) is 1. The first-order valence-corrected chi connectivity index (χ1v) is 8.81. The molecule has 3 aromatic rings. The van der Waals surface area contributed by atoms with Crippen LogP contribution in [0.5, 0.6) is 0 Å². The molecule has 1 atom stereocenters. The number of thioether (sulfide) groups is 1. The zero-order chi connectivity index (χ0) is 17.8. The van der Waals surface area contributed by atoms with Crippen molar-refractivity contribution in [2.24, 2.45) is 0 Å². The van der Waals surface area contributed by atoms with E-state index in [0.717, 1.165) is 11.3 Å². The summed E-state index contributed by atoms with van der Waals surface area (Å²) in [6, 6.07) is 13.2. The average molecular weight is 376 g/mol. The molecule has 7 heteroatoms. The predicted octanol–water partition coefficient (Wildman–Crippen LogP) is 4.99. The smallest absolute Gasteiger partial charge is 0.237 e. The fourth-order valence-electron chi connectivity index (χ4n) is 2.16. The van der Waals surface area contributed by atoms with Gasteiger partial charge in [-0.3, -0.25) is 4.79 Å². The predicted molar refractivity (Wildman–Crippen MR) is 99.4 cm³/mol. The number of carbonyl (C=O) groups is 1. The number of rotatable bonds is 5. The average Bonchev–Trinajstić information content (AvgIpc) is 3.06. The lowest BCUT2D eigenvalue weighted by Gasteiger charge is -2.11. The number of hydrogen-bond acceptors (Lipinski definition) is 3. The second-order valence-corrected chi connectivity index (χ2v) is 7.07. The van der Waals surface area contributed by atoms with E-state index in [0.29, 0.717) is 15.9 Å². The molecule has 0 aliphatic heterocycles. The molecule has 0 bridgehead atoms. The molecule has 0 aliphatic carbocycles. The van der Waals surface area contributed by atoms with Gasteiger partial charge in [-0.25, -0.2) is 9.37 Å². The molecular weight excluding hydrogens is 361 g/mol. The van der Waals surface area contributed by atoms with Crippen molar-refractivity contribution in [3.8, 4) is 11.3 Å². The Morgan fingerprint density at radius 2 is 1.96 bits per heavy atom. The van der Waals surface area contributed by atoms with E-state index in [-0.39, 0.29) is 17.0 Å². The van der Waals surface area contributed by atoms with Crippen LogP contribution >= 0.6 is 23.4 Å². The molecular formula is C18H15ClFN3OS. The van der Waals surface area contributed by atoms with Gasteiger partial charge in [0.1, 0.15) is 5.82 Å². The number of halogens is 2. The van der Waals surface area contributed by atoms with E-state index in [1.54, 1.807) is 49.5 Å². The third-order valence-electron chi connectivity index (χ3n) is 3.50. The van der Waals surface area contributed by atoms with Crippen LogP contribution in [-0.2, 0) is 4.79 Å². The number of hydrogen-bond donors (Lipinski definition) is 2. The van der Waals surface area contributed by atoms with Crippen LogP contribution in [0.4, 0.5) is 10.1 Å². The number of para-hydroxylation sites is 1. The summed E-state index contributed by atoms with van der Waals surface area (Å²) in [5, 5.41) is 3.53. The van der Waals surface area contributed by atoms with Gasteiger partial charge in [-0.15, -0.1) is 0 Å². The van der Waals surface area contributed by atoms with E-state index >= 15 is 0 Å². The number of aromatic amines is 1. The van der Waals surface area contributed by atoms with Gasteiger partial charge in [-0.05, 0) is 48.9 Å². The Balaban J connectivity index is 1.65. The molecule has 4 nitrogen and oxygen atoms in total. The summed E-state index contributed by atoms with van der Waals surface area (Å²) < 4.78 is 13.0. The van der Waals surface area contributed by atoms with E-state index in [1.807, 2.05) is 0 Å². The molecule has 1 heterocycles. The van der Waals surface area contributed by atoms with Crippen LogP contribution in [0.3, 0.4) is 0 Å². The van der Waals surface area contributed by atoms with Gasteiger partial charge in [0.2, 0.25) is 5.91 Å². The number of nitrogens with one attached hydrogen (secondary N) is 2. The molecule has 3 rings (SSSR count). The second-order valence-electron chi connectivity index (χ2n) is 5.34. The lowest BCUT2D eigenvalue weighted by Crippen LogP contribution is -2.22. The summed E-state index contributed by atoms with van der Waals surface area (Å²) in [5.41, 5.74) is 2.17. The molecule has 25 heavy (non-hydrogen) atoms. The van der Waals surface area contributed by atoms with Gasteiger partial charge in [0.05, 0.1) is 27.9 Å². The molecule has 0 saturated carbocycles. The minimum Gasteiger partial charge on any atom is -0.333 e. The number of benzene rings is 2. The van der Waals surface area contributed by atoms with Crippen molar-refractivity contribution >= 4 is 35.0 Å². The molecule has 0 aliphatic rings. The van der Waals surface area contributed by atoms with E-state index in [2.05, 4.69) is 15.3 Å². The molecule has 0 unspecified atom stereocenters. The van der Waals surface area contributed by atoms with Crippen LogP contribution in [0.2, 0.25) is 5.02 Å². The van der Waals surface area contributed by atoms with E-state index in [1.165, 1.54) is 23.9 Å². The molecule has 0 saturated heterocycles. The zero-order valence-corrected chi connectivity index (χ0v) is 14.9. The fourth-order valence-corrected chi connectivity index (χ4v) is 3.12. The van der Waals surface area contributed by atoms with Crippen molar-refractivity contribution < 1.29 is 9.18 Å². The summed E-state index contributed by atoms with van der Waals surface area (Å²) in [6.45, 7) is 1.79. The molecule has 0 fully saturated rings. The number of amides is 1. The summed E-state index contributed by atoms with van der Waals surface area (Å²) in [7, 11) is 0. The van der Waals surface area contributed by atoms with Crippen LogP contribution in [-0.4, -0.2) is 21.1 Å². The maximum Gasteiger partial charge on any atom is 0.237 e. The van der Waals surface area contributed by atoms with Gasteiger partial charge in [0.25, 0.3) is 0 Å². The number of anilines is 1. The van der Waals surface area contributed by atoms with Crippen molar-refractivity contribution in [3.63, 3.8) is 0 Å². The SMILES string of the molecule is C[C@H](Sc1ncc(-c2ccc(F)cc2)[nH]1)C(=O)Nc1ccccc1Cl. The molecule has 2 aromatic carbocycles. The van der Waals surface area contributed by atoms with Gasteiger partial charge in [-0.2, -0.15) is 0 Å². The van der Waals surface area contributed by atoms with Gasteiger partial charge in [-0.1, -0.05) is 35.5 Å². The van der Waals surface area contributed by atoms with Crippen molar-refractivity contribution in [2.45, 2.75) is 17.3 Å². The number of H-pyrrole nitrogens is 1. The van der Waals surface area contributed by atoms with Crippen LogP contribution in [0.25, 0.3) is 11.3 Å². The Hall–Kier alpha value is -2.31. The molecule has 0 spiro atoms. The highest BCUT2D eigenvalue weighted by atomic mass is 35.5. The Morgan fingerprint density at radius 1 is 1.24 bits per heavy atom. The number of imidazole rings is 1. The van der Waals surface area contributed by atoms with Gasteiger partial charge in [0.15, 0.2) is 5.16 Å². The third kappa shape index (κ3) is 4.41. The van der Waals surface area contributed by atoms with Gasteiger partial charge >= 0.3 is 0 Å². The van der Waals surface area contributed by atoms with Crippen molar-refractivity contribution in [1.82, 2.24) is 9.97 Å². The zero-order valence-electron chi connectivity index (χ0n) is 13.3. The molecule has 2 N–H and O–H groups in total. The Morgan fingerprint density at radius 3 is 2.68 bits per heavy atom. The highest BCUT2D eigenvalue weighted by Crippen LogP contribution is 2.26. The van der Waals surface area contributed by atoms with Crippen LogP contribution in [0.1, 0.15) is 6.92 Å². The third-order valence-corrected chi connectivity index (χ3v) is 4.83. The van der Waals surface area contributed by atoms with Crippen LogP contribution in [0.15, 0.2) is 59.9 Å². The van der Waals surface area contributed by atoms with Gasteiger partial charge in [0, 0.05) is 0 Å². The van der Waals surface area contributed by atoms with Crippen LogP contribution < -0.4 is 5.32 Å². The van der Waals surface area contributed by atoms with Crippen LogP contribution in [0, 0.1) is 5.82 Å². The first-order chi connectivity index (χ1) is 12.0. The second kappa shape index (κ2) is 7.72. The monoisotopic (exact) mass is 375 g/mol. The first-order valence-electron chi connectivity index (χ1n) is 7.56. The van der Waals surface area contributed by atoms with Crippen molar-refractivity contribution in [3.05, 3.63) is 65.6 Å². The first kappa shape index (κ1) is 17.5. The Bertz CT molecular complexity index is 882. The molecule has 1 amide bonds. The quantitative estimate of drug-likeness (QED) is 0.618. The Kier molecular flexibility index (Phi) is 5.40. The molecule has 0 radical (unpaired) electrons.